The van der Waals surface area contributed by atoms with Gasteiger partial charge in [-0.05, 0) is 41.1 Å². The Kier molecular flexibility index (Phi) is 6.05. The zero-order valence-electron chi connectivity index (χ0n) is 15.8. The fraction of sp³-hybridized carbons (Fsp3) is 0.409. The first-order valence-electron chi connectivity index (χ1n) is 9.41. The van der Waals surface area contributed by atoms with Crippen LogP contribution in [0.3, 0.4) is 0 Å². The van der Waals surface area contributed by atoms with Gasteiger partial charge >= 0.3 is 5.97 Å². The van der Waals surface area contributed by atoms with E-state index < -0.39 is 4.75 Å². The number of hydrogen-bond acceptors (Lipinski definition) is 4. The van der Waals surface area contributed by atoms with E-state index in [9.17, 15) is 4.79 Å². The van der Waals surface area contributed by atoms with Gasteiger partial charge in [-0.15, -0.1) is 11.8 Å². The molecule has 0 atom stereocenters. The molecule has 3 nitrogen and oxygen atoms in total. The van der Waals surface area contributed by atoms with Crippen LogP contribution in [0.15, 0.2) is 48.5 Å². The quantitative estimate of drug-likeness (QED) is 0.639. The zero-order valence-corrected chi connectivity index (χ0v) is 16.6. The molecule has 2 aromatic carbocycles. The summed E-state index contributed by atoms with van der Waals surface area (Å²) in [5.74, 6) is 0.697. The van der Waals surface area contributed by atoms with Gasteiger partial charge in [-0.1, -0.05) is 69.3 Å². The second-order valence-electron chi connectivity index (χ2n) is 6.37. The van der Waals surface area contributed by atoms with Crippen molar-refractivity contribution in [1.82, 2.24) is 4.90 Å². The molecule has 0 bridgehead atoms. The van der Waals surface area contributed by atoms with Gasteiger partial charge in [-0.25, -0.2) is 4.79 Å². The van der Waals surface area contributed by atoms with Crippen molar-refractivity contribution in [2.45, 2.75) is 25.5 Å². The maximum atomic E-state index is 13.4. The fourth-order valence-corrected chi connectivity index (χ4v) is 5.03. The van der Waals surface area contributed by atoms with Crippen molar-refractivity contribution in [2.24, 2.45) is 0 Å². The predicted molar refractivity (Wildman–Crippen MR) is 110 cm³/mol. The molecule has 0 radical (unpaired) electrons. The molecule has 1 aliphatic rings. The lowest BCUT2D eigenvalue weighted by Gasteiger charge is -2.29. The highest BCUT2D eigenvalue weighted by Gasteiger charge is 2.50. The van der Waals surface area contributed by atoms with E-state index in [1.807, 2.05) is 24.3 Å². The second-order valence-corrected chi connectivity index (χ2v) is 7.85. The first kappa shape index (κ1) is 19.0. The molecule has 3 rings (SSSR count). The first-order valence-corrected chi connectivity index (χ1v) is 10.4. The van der Waals surface area contributed by atoms with Gasteiger partial charge in [-0.2, -0.15) is 0 Å². The molecule has 26 heavy (non-hydrogen) atoms. The molecule has 4 heteroatoms. The van der Waals surface area contributed by atoms with Gasteiger partial charge in [0.15, 0.2) is 4.75 Å². The molecule has 0 spiro atoms. The Bertz CT molecular complexity index is 725. The standard InChI is InChI=1S/C22H27NO2S/c1-4-23(5-2)15-16-25-21(24)22(26-6-3)19-13-9-7-11-17(19)18-12-8-10-14-20(18)22/h7-14H,4-6,15-16H2,1-3H3. The normalized spacial score (nSPS) is 14.2. The van der Waals surface area contributed by atoms with Gasteiger partial charge < -0.3 is 9.64 Å². The van der Waals surface area contributed by atoms with Crippen LogP contribution in [-0.4, -0.2) is 42.9 Å². The molecule has 2 aromatic rings. The van der Waals surface area contributed by atoms with Crippen molar-refractivity contribution in [3.8, 4) is 11.1 Å². The highest BCUT2D eigenvalue weighted by molar-refractivity contribution is 8.01. The topological polar surface area (TPSA) is 29.5 Å². The number of likely N-dealkylation sites (N-methyl/N-ethyl adjacent to an activating group) is 1. The van der Waals surface area contributed by atoms with E-state index in [-0.39, 0.29) is 5.97 Å². The average Bonchev–Trinajstić information content (AvgIpc) is 2.97. The maximum absolute atomic E-state index is 13.4. The lowest BCUT2D eigenvalue weighted by atomic mass is 9.96. The summed E-state index contributed by atoms with van der Waals surface area (Å²) in [7, 11) is 0. The van der Waals surface area contributed by atoms with Crippen LogP contribution < -0.4 is 0 Å². The molecule has 0 aromatic heterocycles. The molecule has 0 amide bonds. The van der Waals surface area contributed by atoms with E-state index in [2.05, 4.69) is 49.9 Å². The van der Waals surface area contributed by atoms with E-state index in [0.29, 0.717) is 6.61 Å². The Morgan fingerprint density at radius 3 is 2.00 bits per heavy atom. The molecular weight excluding hydrogens is 342 g/mol. The number of nitrogens with zero attached hydrogens (tertiary/aromatic N) is 1. The van der Waals surface area contributed by atoms with Crippen molar-refractivity contribution in [2.75, 3.05) is 32.0 Å². The first-order chi connectivity index (χ1) is 12.7. The van der Waals surface area contributed by atoms with E-state index in [1.54, 1.807) is 11.8 Å². The summed E-state index contributed by atoms with van der Waals surface area (Å²) in [5, 5.41) is 0. The van der Waals surface area contributed by atoms with Crippen LogP contribution in [0.25, 0.3) is 11.1 Å². The van der Waals surface area contributed by atoms with Gasteiger partial charge in [0, 0.05) is 6.54 Å². The third kappa shape index (κ3) is 3.17. The average molecular weight is 370 g/mol. The largest absolute Gasteiger partial charge is 0.463 e. The Hall–Kier alpha value is -1.78. The van der Waals surface area contributed by atoms with E-state index in [0.717, 1.165) is 47.6 Å². The summed E-state index contributed by atoms with van der Waals surface area (Å²) in [6.07, 6.45) is 0. The van der Waals surface area contributed by atoms with Crippen LogP contribution in [0.1, 0.15) is 31.9 Å². The maximum Gasteiger partial charge on any atom is 0.331 e. The zero-order chi connectivity index (χ0) is 18.6. The number of carbonyl (C=O) groups excluding carboxylic acids is 1. The Morgan fingerprint density at radius 2 is 1.50 bits per heavy atom. The van der Waals surface area contributed by atoms with Crippen molar-refractivity contribution < 1.29 is 9.53 Å². The molecule has 0 aliphatic heterocycles. The smallest absolute Gasteiger partial charge is 0.331 e. The molecule has 1 aliphatic carbocycles. The number of rotatable bonds is 8. The monoisotopic (exact) mass is 369 g/mol. The minimum absolute atomic E-state index is 0.145. The summed E-state index contributed by atoms with van der Waals surface area (Å²) in [4.78, 5) is 15.6. The number of hydrogen-bond donors (Lipinski definition) is 0. The number of thioether (sulfide) groups is 1. The summed E-state index contributed by atoms with van der Waals surface area (Å²) in [6, 6.07) is 16.5. The third-order valence-corrected chi connectivity index (χ3v) is 6.41. The molecule has 0 saturated carbocycles. The summed E-state index contributed by atoms with van der Waals surface area (Å²) < 4.78 is 5.07. The highest BCUT2D eigenvalue weighted by atomic mass is 32.2. The number of carbonyl (C=O) groups is 1. The number of ether oxygens (including phenoxy) is 1. The molecular formula is C22H27NO2S. The van der Waals surface area contributed by atoms with Gasteiger partial charge in [0.05, 0.1) is 0 Å². The van der Waals surface area contributed by atoms with Crippen LogP contribution in [0.5, 0.6) is 0 Å². The fourth-order valence-electron chi connectivity index (χ4n) is 3.75. The Morgan fingerprint density at radius 1 is 0.962 bits per heavy atom. The molecule has 0 fully saturated rings. The number of esters is 1. The van der Waals surface area contributed by atoms with Crippen molar-refractivity contribution in [1.29, 1.82) is 0 Å². The lowest BCUT2D eigenvalue weighted by molar-refractivity contribution is -0.146. The van der Waals surface area contributed by atoms with Crippen molar-refractivity contribution in [3.63, 3.8) is 0 Å². The van der Waals surface area contributed by atoms with Gasteiger partial charge in [0.1, 0.15) is 6.61 Å². The van der Waals surface area contributed by atoms with Crippen molar-refractivity contribution in [3.05, 3.63) is 59.7 Å². The molecule has 0 heterocycles. The van der Waals surface area contributed by atoms with Crippen LogP contribution in [0, 0.1) is 0 Å². The Labute approximate surface area is 160 Å². The highest BCUT2D eigenvalue weighted by Crippen LogP contribution is 2.55. The molecule has 0 saturated heterocycles. The van der Waals surface area contributed by atoms with Crippen LogP contribution in [0.4, 0.5) is 0 Å². The molecule has 138 valence electrons. The van der Waals surface area contributed by atoms with Crippen LogP contribution >= 0.6 is 11.8 Å². The summed E-state index contributed by atoms with van der Waals surface area (Å²) >= 11 is 1.66. The second kappa shape index (κ2) is 8.28. The molecule has 0 unspecified atom stereocenters. The number of fused-ring (bicyclic) bond motifs is 3. The SMILES string of the molecule is CCSC1(C(=O)OCCN(CC)CC)c2ccccc2-c2ccccc21. The van der Waals surface area contributed by atoms with Gasteiger partial charge in [-0.3, -0.25) is 0 Å². The lowest BCUT2D eigenvalue weighted by Crippen LogP contribution is -2.36. The minimum atomic E-state index is -0.759. The van der Waals surface area contributed by atoms with E-state index >= 15 is 0 Å². The van der Waals surface area contributed by atoms with E-state index in [4.69, 9.17) is 4.74 Å². The van der Waals surface area contributed by atoms with Crippen molar-refractivity contribution >= 4 is 17.7 Å². The summed E-state index contributed by atoms with van der Waals surface area (Å²) in [6.45, 7) is 9.49. The third-order valence-electron chi connectivity index (χ3n) is 5.09. The van der Waals surface area contributed by atoms with E-state index in [1.165, 1.54) is 0 Å². The molecule has 0 N–H and O–H groups in total. The van der Waals surface area contributed by atoms with Crippen LogP contribution in [0.2, 0.25) is 0 Å². The van der Waals surface area contributed by atoms with Crippen LogP contribution in [-0.2, 0) is 14.3 Å². The summed E-state index contributed by atoms with van der Waals surface area (Å²) in [5.41, 5.74) is 4.40. The Balaban J connectivity index is 1.96. The van der Waals surface area contributed by atoms with Gasteiger partial charge in [0.25, 0.3) is 0 Å². The number of benzene rings is 2. The minimum Gasteiger partial charge on any atom is -0.463 e. The van der Waals surface area contributed by atoms with Gasteiger partial charge in [0.2, 0.25) is 0 Å². The predicted octanol–water partition coefficient (Wildman–Crippen LogP) is 4.55.